The second kappa shape index (κ2) is 6.24. The summed E-state index contributed by atoms with van der Waals surface area (Å²) < 4.78 is 5.35. The minimum absolute atomic E-state index is 0.00949. The van der Waals surface area contributed by atoms with Gasteiger partial charge in [-0.25, -0.2) is 4.98 Å². The number of aromatic amines is 1. The van der Waals surface area contributed by atoms with Crippen molar-refractivity contribution in [1.29, 1.82) is 0 Å². The zero-order valence-electron chi connectivity index (χ0n) is 14.5. The maximum atomic E-state index is 12.4. The Morgan fingerprint density at radius 2 is 2.08 bits per heavy atom. The number of benzene rings is 2. The molecule has 5 heteroatoms. The lowest BCUT2D eigenvalue weighted by Gasteiger charge is -2.35. The standard InChI is InChI=1S/C20H21N3O2/c1-13(19-21-17-8-4-3-7-16(17)20(24)22-19)23-11-5-6-14-12-15(25-2)9-10-18(14)23/h3-4,7-10,12-13H,5-6,11H2,1-2H3,(H,21,22,24)/t13-/m1/s1. The van der Waals surface area contributed by atoms with Gasteiger partial charge in [0.25, 0.3) is 5.56 Å². The van der Waals surface area contributed by atoms with Crippen LogP contribution in [0.25, 0.3) is 10.9 Å². The lowest BCUT2D eigenvalue weighted by Crippen LogP contribution is -2.34. The summed E-state index contributed by atoms with van der Waals surface area (Å²) in [6.45, 7) is 3.03. The van der Waals surface area contributed by atoms with Crippen LogP contribution >= 0.6 is 0 Å². The van der Waals surface area contributed by atoms with Crippen LogP contribution in [-0.2, 0) is 6.42 Å². The van der Waals surface area contributed by atoms with Crippen molar-refractivity contribution in [3.8, 4) is 5.75 Å². The molecule has 5 nitrogen and oxygen atoms in total. The van der Waals surface area contributed by atoms with Gasteiger partial charge in [0, 0.05) is 12.2 Å². The number of fused-ring (bicyclic) bond motifs is 2. The number of H-pyrrole nitrogens is 1. The fraction of sp³-hybridized carbons (Fsp3) is 0.300. The van der Waals surface area contributed by atoms with E-state index in [1.807, 2.05) is 24.3 Å². The summed E-state index contributed by atoms with van der Waals surface area (Å²) >= 11 is 0. The molecule has 0 bridgehead atoms. The molecule has 1 atom stereocenters. The maximum Gasteiger partial charge on any atom is 0.258 e. The van der Waals surface area contributed by atoms with Crippen molar-refractivity contribution in [2.45, 2.75) is 25.8 Å². The first-order valence-corrected chi connectivity index (χ1v) is 8.60. The van der Waals surface area contributed by atoms with Crippen molar-refractivity contribution < 1.29 is 4.74 Å². The molecule has 0 aliphatic carbocycles. The zero-order chi connectivity index (χ0) is 17.4. The molecule has 4 rings (SSSR count). The molecular formula is C20H21N3O2. The molecule has 0 unspecified atom stereocenters. The fourth-order valence-corrected chi connectivity index (χ4v) is 3.58. The normalized spacial score (nSPS) is 15.0. The number of nitrogens with zero attached hydrogens (tertiary/aromatic N) is 2. The van der Waals surface area contributed by atoms with Gasteiger partial charge in [0.05, 0.1) is 24.1 Å². The summed E-state index contributed by atoms with van der Waals surface area (Å²) in [6.07, 6.45) is 2.11. The Balaban J connectivity index is 1.75. The van der Waals surface area contributed by atoms with Crippen LogP contribution in [0.4, 0.5) is 5.69 Å². The SMILES string of the molecule is COc1ccc2c(c1)CCCN2[C@H](C)c1nc2ccccc2c(=O)[nH]1. The van der Waals surface area contributed by atoms with Gasteiger partial charge in [-0.2, -0.15) is 0 Å². The predicted octanol–water partition coefficient (Wildman–Crippen LogP) is 3.45. The van der Waals surface area contributed by atoms with Crippen molar-refractivity contribution in [3.05, 3.63) is 64.2 Å². The first kappa shape index (κ1) is 15.7. The molecule has 1 aromatic heterocycles. The van der Waals surface area contributed by atoms with Gasteiger partial charge >= 0.3 is 0 Å². The minimum Gasteiger partial charge on any atom is -0.497 e. The van der Waals surface area contributed by atoms with Crippen LogP contribution in [0.2, 0.25) is 0 Å². The van der Waals surface area contributed by atoms with E-state index in [-0.39, 0.29) is 11.6 Å². The minimum atomic E-state index is -0.0839. The van der Waals surface area contributed by atoms with E-state index in [1.54, 1.807) is 13.2 Å². The maximum absolute atomic E-state index is 12.4. The number of aromatic nitrogens is 2. The monoisotopic (exact) mass is 335 g/mol. The predicted molar refractivity (Wildman–Crippen MR) is 99.4 cm³/mol. The number of methoxy groups -OCH3 is 1. The molecule has 1 N–H and O–H groups in total. The van der Waals surface area contributed by atoms with Crippen LogP contribution < -0.4 is 15.2 Å². The van der Waals surface area contributed by atoms with Crippen molar-refractivity contribution in [2.24, 2.45) is 0 Å². The van der Waals surface area contributed by atoms with E-state index in [2.05, 4.69) is 28.9 Å². The molecule has 0 fully saturated rings. The van der Waals surface area contributed by atoms with E-state index in [4.69, 9.17) is 9.72 Å². The van der Waals surface area contributed by atoms with Gasteiger partial charge in [0.1, 0.15) is 11.6 Å². The summed E-state index contributed by atoms with van der Waals surface area (Å²) in [5.74, 6) is 1.58. The van der Waals surface area contributed by atoms with Crippen molar-refractivity contribution in [2.75, 3.05) is 18.6 Å². The molecule has 25 heavy (non-hydrogen) atoms. The van der Waals surface area contributed by atoms with E-state index in [9.17, 15) is 4.79 Å². The van der Waals surface area contributed by atoms with Crippen LogP contribution in [0.15, 0.2) is 47.3 Å². The second-order valence-electron chi connectivity index (χ2n) is 6.44. The van der Waals surface area contributed by atoms with Gasteiger partial charge in [0.15, 0.2) is 0 Å². The van der Waals surface area contributed by atoms with Crippen molar-refractivity contribution in [3.63, 3.8) is 0 Å². The molecule has 0 radical (unpaired) electrons. The number of rotatable bonds is 3. The molecule has 0 amide bonds. The van der Waals surface area contributed by atoms with E-state index in [1.165, 1.54) is 11.3 Å². The first-order chi connectivity index (χ1) is 12.2. The van der Waals surface area contributed by atoms with E-state index in [0.29, 0.717) is 11.2 Å². The van der Waals surface area contributed by atoms with Gasteiger partial charge in [-0.05, 0) is 55.7 Å². The number of anilines is 1. The number of hydrogen-bond donors (Lipinski definition) is 1. The summed E-state index contributed by atoms with van der Waals surface area (Å²) in [7, 11) is 1.69. The number of nitrogens with one attached hydrogen (secondary N) is 1. The Kier molecular flexibility index (Phi) is 3.92. The number of ether oxygens (including phenoxy) is 1. The zero-order valence-corrected chi connectivity index (χ0v) is 14.5. The number of para-hydroxylation sites is 1. The average molecular weight is 335 g/mol. The van der Waals surface area contributed by atoms with Gasteiger partial charge in [-0.1, -0.05) is 12.1 Å². The van der Waals surface area contributed by atoms with Gasteiger partial charge in [0.2, 0.25) is 0 Å². The molecule has 2 aromatic carbocycles. The summed E-state index contributed by atoms with van der Waals surface area (Å²) in [6, 6.07) is 13.6. The highest BCUT2D eigenvalue weighted by Crippen LogP contribution is 2.35. The first-order valence-electron chi connectivity index (χ1n) is 8.60. The number of aryl methyl sites for hydroxylation is 1. The quantitative estimate of drug-likeness (QED) is 0.796. The summed E-state index contributed by atoms with van der Waals surface area (Å²) in [5.41, 5.74) is 3.12. The van der Waals surface area contributed by atoms with Crippen molar-refractivity contribution >= 4 is 16.6 Å². The van der Waals surface area contributed by atoms with Crippen LogP contribution in [0.1, 0.15) is 30.8 Å². The largest absolute Gasteiger partial charge is 0.497 e. The van der Waals surface area contributed by atoms with Gasteiger partial charge in [-0.15, -0.1) is 0 Å². The smallest absolute Gasteiger partial charge is 0.258 e. The summed E-state index contributed by atoms with van der Waals surface area (Å²) in [4.78, 5) is 22.4. The molecule has 3 aromatic rings. The molecule has 1 aliphatic rings. The molecule has 1 aliphatic heterocycles. The third-order valence-corrected chi connectivity index (χ3v) is 4.94. The topological polar surface area (TPSA) is 58.2 Å². The van der Waals surface area contributed by atoms with Gasteiger partial charge < -0.3 is 14.6 Å². The Morgan fingerprint density at radius 3 is 2.92 bits per heavy atom. The molecule has 128 valence electrons. The van der Waals surface area contributed by atoms with E-state index in [0.717, 1.165) is 30.7 Å². The Morgan fingerprint density at radius 1 is 1.24 bits per heavy atom. The molecular weight excluding hydrogens is 314 g/mol. The Hall–Kier alpha value is -2.82. The highest BCUT2D eigenvalue weighted by molar-refractivity contribution is 5.77. The highest BCUT2D eigenvalue weighted by atomic mass is 16.5. The third kappa shape index (κ3) is 2.76. The second-order valence-corrected chi connectivity index (χ2v) is 6.44. The molecule has 0 saturated carbocycles. The Bertz CT molecular complexity index is 980. The lowest BCUT2D eigenvalue weighted by atomic mass is 9.99. The van der Waals surface area contributed by atoms with E-state index < -0.39 is 0 Å². The van der Waals surface area contributed by atoms with Crippen molar-refractivity contribution in [1.82, 2.24) is 9.97 Å². The fourth-order valence-electron chi connectivity index (χ4n) is 3.58. The number of hydrogen-bond acceptors (Lipinski definition) is 4. The average Bonchev–Trinajstić information content (AvgIpc) is 2.66. The van der Waals surface area contributed by atoms with Crippen LogP contribution in [0.3, 0.4) is 0 Å². The summed E-state index contributed by atoms with van der Waals surface area (Å²) in [5, 5.41) is 0.627. The molecule has 0 spiro atoms. The van der Waals surface area contributed by atoms with Gasteiger partial charge in [-0.3, -0.25) is 4.79 Å². The Labute approximate surface area is 146 Å². The van der Waals surface area contributed by atoms with Crippen LogP contribution in [-0.4, -0.2) is 23.6 Å². The highest BCUT2D eigenvalue weighted by Gasteiger charge is 2.24. The van der Waals surface area contributed by atoms with Crippen LogP contribution in [0, 0.1) is 0 Å². The molecule has 2 heterocycles. The van der Waals surface area contributed by atoms with E-state index >= 15 is 0 Å². The third-order valence-electron chi connectivity index (χ3n) is 4.94. The molecule has 0 saturated heterocycles. The lowest BCUT2D eigenvalue weighted by molar-refractivity contribution is 0.414. The van der Waals surface area contributed by atoms with Crippen LogP contribution in [0.5, 0.6) is 5.75 Å².